The van der Waals surface area contributed by atoms with Crippen LogP contribution in [0.5, 0.6) is 5.75 Å². The van der Waals surface area contributed by atoms with Crippen LogP contribution < -0.4 is 10.1 Å². The first kappa shape index (κ1) is 15.8. The summed E-state index contributed by atoms with van der Waals surface area (Å²) in [6.07, 6.45) is -0.504. The van der Waals surface area contributed by atoms with Gasteiger partial charge in [-0.2, -0.15) is 5.10 Å². The normalized spacial score (nSPS) is 11.1. The van der Waals surface area contributed by atoms with Crippen molar-refractivity contribution < 1.29 is 14.3 Å². The maximum Gasteiger partial charge on any atom is 0.408 e. The van der Waals surface area contributed by atoms with Crippen LogP contribution in [0, 0.1) is 0 Å². The van der Waals surface area contributed by atoms with Crippen LogP contribution in [0.1, 0.15) is 26.6 Å². The second kappa shape index (κ2) is 6.46. The summed E-state index contributed by atoms with van der Waals surface area (Å²) >= 11 is 0. The third kappa shape index (κ3) is 4.21. The van der Waals surface area contributed by atoms with E-state index in [1.54, 1.807) is 27.9 Å². The summed E-state index contributed by atoms with van der Waals surface area (Å²) in [5.41, 5.74) is 0.270. The molecule has 0 aliphatic rings. The highest BCUT2D eigenvalue weighted by Gasteiger charge is 2.16. The topological polar surface area (TPSA) is 89.1 Å². The van der Waals surface area contributed by atoms with Crippen LogP contribution in [-0.4, -0.2) is 34.0 Å². The number of benzene rings is 1. The van der Waals surface area contributed by atoms with Gasteiger partial charge in [0.2, 0.25) is 0 Å². The number of aromatic nitrogens is 3. The average Bonchev–Trinajstić information content (AvgIpc) is 2.92. The smallest absolute Gasteiger partial charge is 0.408 e. The van der Waals surface area contributed by atoms with Crippen LogP contribution in [0.15, 0.2) is 24.3 Å². The Balaban J connectivity index is 2.02. The van der Waals surface area contributed by atoms with Crippen LogP contribution in [0.25, 0.3) is 11.4 Å². The van der Waals surface area contributed by atoms with E-state index < -0.39 is 11.7 Å². The van der Waals surface area contributed by atoms with Gasteiger partial charge >= 0.3 is 6.09 Å². The second-order valence-corrected chi connectivity index (χ2v) is 5.66. The number of nitrogens with one attached hydrogen (secondary N) is 2. The molecule has 0 atom stereocenters. The zero-order chi connectivity index (χ0) is 16.2. The Hall–Kier alpha value is -2.57. The van der Waals surface area contributed by atoms with Crippen LogP contribution in [0.3, 0.4) is 0 Å². The first-order chi connectivity index (χ1) is 10.4. The van der Waals surface area contributed by atoms with E-state index in [1.165, 1.54) is 0 Å². The van der Waals surface area contributed by atoms with Gasteiger partial charge in [0.25, 0.3) is 0 Å². The maximum atomic E-state index is 11.6. The lowest BCUT2D eigenvalue weighted by Gasteiger charge is -2.19. The maximum absolute atomic E-state index is 11.6. The van der Waals surface area contributed by atoms with E-state index in [0.29, 0.717) is 17.4 Å². The number of para-hydroxylation sites is 1. The molecule has 0 spiro atoms. The fraction of sp³-hybridized carbons (Fsp3) is 0.400. The lowest BCUT2D eigenvalue weighted by molar-refractivity contribution is 0.0522. The number of methoxy groups -OCH3 is 1. The molecule has 2 aromatic rings. The Kier molecular flexibility index (Phi) is 4.65. The molecule has 0 saturated carbocycles. The zero-order valence-electron chi connectivity index (χ0n) is 13.1. The van der Waals surface area contributed by atoms with Crippen LogP contribution in [-0.2, 0) is 11.3 Å². The van der Waals surface area contributed by atoms with Crippen molar-refractivity contribution >= 4 is 6.09 Å². The van der Waals surface area contributed by atoms with E-state index in [0.717, 1.165) is 5.56 Å². The molecule has 2 N–H and O–H groups in total. The standard InChI is InChI=1S/C15H20N4O3/c1-15(2,3)22-14(20)16-9-12-17-13(19-18-12)10-7-5-6-8-11(10)21-4/h5-8H,9H2,1-4H3,(H,16,20)(H,17,18,19). The van der Waals surface area contributed by atoms with Gasteiger partial charge in [-0.3, -0.25) is 5.10 Å². The molecule has 1 amide bonds. The molecule has 0 saturated heterocycles. The Labute approximate surface area is 129 Å². The van der Waals surface area contributed by atoms with E-state index in [1.807, 2.05) is 24.3 Å². The average molecular weight is 304 g/mol. The van der Waals surface area contributed by atoms with Crippen LogP contribution in [0.4, 0.5) is 4.79 Å². The first-order valence-electron chi connectivity index (χ1n) is 6.90. The molecular formula is C15H20N4O3. The summed E-state index contributed by atoms with van der Waals surface area (Å²) in [5, 5.41) is 9.52. The van der Waals surface area contributed by atoms with Crippen molar-refractivity contribution in [2.75, 3.05) is 7.11 Å². The molecule has 0 fully saturated rings. The van der Waals surface area contributed by atoms with Gasteiger partial charge in [-0.05, 0) is 32.9 Å². The van der Waals surface area contributed by atoms with Crippen molar-refractivity contribution in [3.63, 3.8) is 0 Å². The molecule has 118 valence electrons. The summed E-state index contributed by atoms with van der Waals surface area (Å²) in [7, 11) is 1.60. The quantitative estimate of drug-likeness (QED) is 0.906. The molecule has 0 radical (unpaired) electrons. The minimum absolute atomic E-state index is 0.181. The van der Waals surface area contributed by atoms with Crippen LogP contribution >= 0.6 is 0 Å². The van der Waals surface area contributed by atoms with Gasteiger partial charge in [0.05, 0.1) is 19.2 Å². The predicted octanol–water partition coefficient (Wildman–Crippen LogP) is 2.50. The molecule has 0 unspecified atom stereocenters. The predicted molar refractivity (Wildman–Crippen MR) is 81.4 cm³/mol. The number of alkyl carbamates (subject to hydrolysis) is 1. The summed E-state index contributed by atoms with van der Waals surface area (Å²) in [4.78, 5) is 15.9. The number of hydrogen-bond donors (Lipinski definition) is 2. The molecule has 1 aromatic carbocycles. The molecule has 1 aromatic heterocycles. The van der Waals surface area contributed by atoms with Gasteiger partial charge in [0.15, 0.2) is 11.6 Å². The number of ether oxygens (including phenoxy) is 2. The van der Waals surface area contributed by atoms with Gasteiger partial charge < -0.3 is 14.8 Å². The van der Waals surface area contributed by atoms with E-state index in [-0.39, 0.29) is 6.54 Å². The van der Waals surface area contributed by atoms with Crippen molar-refractivity contribution in [2.24, 2.45) is 0 Å². The molecule has 1 heterocycles. The van der Waals surface area contributed by atoms with E-state index in [2.05, 4.69) is 20.5 Å². The highest BCUT2D eigenvalue weighted by molar-refractivity contribution is 5.67. The number of carbonyl (C=O) groups excluding carboxylic acids is 1. The van der Waals surface area contributed by atoms with Crippen molar-refractivity contribution in [1.82, 2.24) is 20.5 Å². The molecule has 0 bridgehead atoms. The van der Waals surface area contributed by atoms with Gasteiger partial charge in [-0.1, -0.05) is 12.1 Å². The van der Waals surface area contributed by atoms with Crippen molar-refractivity contribution in [3.8, 4) is 17.1 Å². The van der Waals surface area contributed by atoms with E-state index >= 15 is 0 Å². The number of nitrogens with zero attached hydrogens (tertiary/aromatic N) is 2. The van der Waals surface area contributed by atoms with Gasteiger partial charge in [0, 0.05) is 0 Å². The number of hydrogen-bond acceptors (Lipinski definition) is 5. The van der Waals surface area contributed by atoms with Crippen molar-refractivity contribution in [3.05, 3.63) is 30.1 Å². The first-order valence-corrected chi connectivity index (χ1v) is 6.90. The summed E-state index contributed by atoms with van der Waals surface area (Å²) < 4.78 is 10.4. The lowest BCUT2D eigenvalue weighted by Crippen LogP contribution is -2.32. The highest BCUT2D eigenvalue weighted by Crippen LogP contribution is 2.26. The highest BCUT2D eigenvalue weighted by atomic mass is 16.6. The molecule has 0 aliphatic heterocycles. The van der Waals surface area contributed by atoms with Crippen molar-refractivity contribution in [2.45, 2.75) is 32.9 Å². The Bertz CT molecular complexity index is 646. The Morgan fingerprint density at radius 3 is 2.73 bits per heavy atom. The van der Waals surface area contributed by atoms with Crippen molar-refractivity contribution in [1.29, 1.82) is 0 Å². The minimum Gasteiger partial charge on any atom is -0.496 e. The fourth-order valence-electron chi connectivity index (χ4n) is 1.80. The second-order valence-electron chi connectivity index (χ2n) is 5.66. The summed E-state index contributed by atoms with van der Waals surface area (Å²) in [5.74, 6) is 1.75. The molecule has 7 heteroatoms. The number of H-pyrrole nitrogens is 1. The fourth-order valence-corrected chi connectivity index (χ4v) is 1.80. The largest absolute Gasteiger partial charge is 0.496 e. The number of aromatic amines is 1. The number of amides is 1. The van der Waals surface area contributed by atoms with Gasteiger partial charge in [-0.15, -0.1) is 0 Å². The lowest BCUT2D eigenvalue weighted by atomic mass is 10.2. The van der Waals surface area contributed by atoms with Crippen LogP contribution in [0.2, 0.25) is 0 Å². The Morgan fingerprint density at radius 2 is 2.05 bits per heavy atom. The third-order valence-corrected chi connectivity index (χ3v) is 2.68. The zero-order valence-corrected chi connectivity index (χ0v) is 13.1. The summed E-state index contributed by atoms with van der Waals surface area (Å²) in [6.45, 7) is 5.60. The molecule has 22 heavy (non-hydrogen) atoms. The molecule has 0 aliphatic carbocycles. The molecule has 2 rings (SSSR count). The van der Waals surface area contributed by atoms with E-state index in [4.69, 9.17) is 9.47 Å². The molecule has 7 nitrogen and oxygen atoms in total. The van der Waals surface area contributed by atoms with E-state index in [9.17, 15) is 4.79 Å². The molecular weight excluding hydrogens is 284 g/mol. The summed E-state index contributed by atoms with van der Waals surface area (Å²) in [6, 6.07) is 7.49. The van der Waals surface area contributed by atoms with Gasteiger partial charge in [-0.25, -0.2) is 9.78 Å². The minimum atomic E-state index is -0.536. The monoisotopic (exact) mass is 304 g/mol. The number of rotatable bonds is 4. The van der Waals surface area contributed by atoms with Gasteiger partial charge in [0.1, 0.15) is 11.4 Å². The Morgan fingerprint density at radius 1 is 1.32 bits per heavy atom. The number of carbonyl (C=O) groups is 1. The SMILES string of the molecule is COc1ccccc1-c1nc(CNC(=O)OC(C)(C)C)n[nH]1. The third-order valence-electron chi connectivity index (χ3n) is 2.68.